The van der Waals surface area contributed by atoms with Crippen molar-refractivity contribution in [2.24, 2.45) is 5.92 Å². The number of benzene rings is 1. The number of ether oxygens (including phenoxy) is 1. The number of nitrogens with one attached hydrogen (secondary N) is 1. The Labute approximate surface area is 201 Å². The van der Waals surface area contributed by atoms with Gasteiger partial charge in [0.15, 0.2) is 5.82 Å². The summed E-state index contributed by atoms with van der Waals surface area (Å²) >= 11 is 0. The Morgan fingerprint density at radius 3 is 2.66 bits per heavy atom. The summed E-state index contributed by atoms with van der Waals surface area (Å²) in [7, 11) is 0. The van der Waals surface area contributed by atoms with E-state index in [0.29, 0.717) is 34.1 Å². The fourth-order valence-electron chi connectivity index (χ4n) is 4.79. The molecule has 0 radical (unpaired) electrons. The molecule has 2 atom stereocenters. The van der Waals surface area contributed by atoms with Gasteiger partial charge in [-0.05, 0) is 63.1 Å². The minimum atomic E-state index is -1.07. The van der Waals surface area contributed by atoms with Crippen LogP contribution in [0.5, 0.6) is 0 Å². The van der Waals surface area contributed by atoms with E-state index in [1.165, 1.54) is 11.1 Å². The predicted molar refractivity (Wildman–Crippen MR) is 130 cm³/mol. The van der Waals surface area contributed by atoms with E-state index < -0.39 is 23.6 Å². The van der Waals surface area contributed by atoms with Gasteiger partial charge in [-0.15, -0.1) is 0 Å². The zero-order valence-electron chi connectivity index (χ0n) is 19.8. The Bertz CT molecular complexity index is 1400. The third-order valence-electron chi connectivity index (χ3n) is 6.42. The summed E-state index contributed by atoms with van der Waals surface area (Å²) in [6.07, 6.45) is 1.97. The van der Waals surface area contributed by atoms with Crippen LogP contribution in [0.25, 0.3) is 21.9 Å². The van der Waals surface area contributed by atoms with Gasteiger partial charge >= 0.3 is 12.2 Å². The predicted octanol–water partition coefficient (Wildman–Crippen LogP) is 5.28. The lowest BCUT2D eigenvalue weighted by molar-refractivity contribution is 0.0635. The first-order valence-corrected chi connectivity index (χ1v) is 11.3. The highest BCUT2D eigenvalue weighted by atomic mass is 19.1. The maximum Gasteiger partial charge on any atom is 0.412 e. The van der Waals surface area contributed by atoms with Gasteiger partial charge in [0.05, 0.1) is 17.1 Å². The van der Waals surface area contributed by atoms with Crippen LogP contribution in [-0.4, -0.2) is 39.4 Å². The maximum absolute atomic E-state index is 16.0. The molecular formula is C25H26FN5O4. The van der Waals surface area contributed by atoms with Crippen molar-refractivity contribution >= 4 is 40.2 Å². The van der Waals surface area contributed by atoms with E-state index in [1.807, 2.05) is 0 Å². The van der Waals surface area contributed by atoms with Crippen LogP contribution in [0.2, 0.25) is 0 Å². The number of hydrogen-bond donors (Lipinski definition) is 3. The lowest BCUT2D eigenvalue weighted by atomic mass is 9.94. The van der Waals surface area contributed by atoms with E-state index in [2.05, 4.69) is 15.3 Å². The van der Waals surface area contributed by atoms with Gasteiger partial charge in [0.2, 0.25) is 0 Å². The molecule has 2 unspecified atom stereocenters. The third kappa shape index (κ3) is 3.98. The molecule has 9 nitrogen and oxygen atoms in total. The molecule has 1 aromatic carbocycles. The highest BCUT2D eigenvalue weighted by molar-refractivity contribution is 6.04. The molecule has 1 saturated carbocycles. The Morgan fingerprint density at radius 2 is 1.97 bits per heavy atom. The number of carbonyl (C=O) groups excluding carboxylic acids is 1. The number of amides is 2. The van der Waals surface area contributed by atoms with Crippen molar-refractivity contribution in [3.05, 3.63) is 41.6 Å². The Kier molecular flexibility index (Phi) is 5.08. The Balaban J connectivity index is 1.69. The average Bonchev–Trinajstić information content (AvgIpc) is 3.54. The number of rotatable bonds is 2. The molecule has 3 heterocycles. The molecule has 2 aliphatic rings. The van der Waals surface area contributed by atoms with Gasteiger partial charge in [-0.3, -0.25) is 15.2 Å². The quantitative estimate of drug-likeness (QED) is 0.456. The number of carboxylic acid groups (broad SMARTS) is 1. The Hall–Kier alpha value is -3.95. The molecule has 1 fully saturated rings. The molecule has 182 valence electrons. The van der Waals surface area contributed by atoms with Gasteiger partial charge in [0.1, 0.15) is 11.4 Å². The summed E-state index contributed by atoms with van der Waals surface area (Å²) in [6.45, 7) is 7.29. The molecule has 1 aliphatic heterocycles. The van der Waals surface area contributed by atoms with Crippen LogP contribution in [0, 0.1) is 18.7 Å². The second-order valence-electron chi connectivity index (χ2n) is 10.1. The number of pyridine rings is 2. The summed E-state index contributed by atoms with van der Waals surface area (Å²) < 4.78 is 21.4. The van der Waals surface area contributed by atoms with E-state index >= 15 is 4.39 Å². The fraction of sp³-hybridized carbons (Fsp3) is 0.360. The molecule has 0 spiro atoms. The zero-order chi connectivity index (χ0) is 25.2. The van der Waals surface area contributed by atoms with Crippen LogP contribution in [-0.2, 0) is 4.74 Å². The van der Waals surface area contributed by atoms with Crippen molar-refractivity contribution in [2.45, 2.75) is 45.6 Å². The highest BCUT2D eigenvalue weighted by Gasteiger charge is 2.48. The molecule has 0 bridgehead atoms. The molecule has 10 heteroatoms. The minimum Gasteiger partial charge on any atom is -0.465 e. The summed E-state index contributed by atoms with van der Waals surface area (Å²) in [6, 6.07) is 3.19. The summed E-state index contributed by atoms with van der Waals surface area (Å²) in [5, 5.41) is 13.2. The average molecular weight is 480 g/mol. The van der Waals surface area contributed by atoms with E-state index in [4.69, 9.17) is 10.5 Å². The molecule has 0 saturated heterocycles. The van der Waals surface area contributed by atoms with Gasteiger partial charge in [0.25, 0.3) is 0 Å². The van der Waals surface area contributed by atoms with Crippen molar-refractivity contribution in [1.29, 1.82) is 0 Å². The van der Waals surface area contributed by atoms with Gasteiger partial charge < -0.3 is 15.6 Å². The second kappa shape index (κ2) is 7.79. The van der Waals surface area contributed by atoms with Crippen LogP contribution in [0.3, 0.4) is 0 Å². The molecule has 1 aliphatic carbocycles. The lowest BCUT2D eigenvalue weighted by Gasteiger charge is -2.29. The summed E-state index contributed by atoms with van der Waals surface area (Å²) in [4.78, 5) is 34.4. The molecular weight excluding hydrogens is 453 g/mol. The maximum atomic E-state index is 16.0. The van der Waals surface area contributed by atoms with Crippen LogP contribution >= 0.6 is 0 Å². The highest BCUT2D eigenvalue weighted by Crippen LogP contribution is 2.55. The number of nitrogens with two attached hydrogens (primary N) is 1. The monoisotopic (exact) mass is 479 g/mol. The Morgan fingerprint density at radius 1 is 1.23 bits per heavy atom. The molecule has 2 aromatic heterocycles. The van der Waals surface area contributed by atoms with Crippen molar-refractivity contribution in [3.8, 4) is 11.1 Å². The topological polar surface area (TPSA) is 131 Å². The fourth-order valence-corrected chi connectivity index (χ4v) is 4.79. The molecule has 5 rings (SSSR count). The lowest BCUT2D eigenvalue weighted by Crippen LogP contribution is -2.35. The van der Waals surface area contributed by atoms with Gasteiger partial charge in [-0.25, -0.2) is 19.0 Å². The van der Waals surface area contributed by atoms with Gasteiger partial charge in [0, 0.05) is 41.4 Å². The number of nitrogen functional groups attached to an aromatic ring is 1. The number of halogens is 1. The van der Waals surface area contributed by atoms with Crippen LogP contribution < -0.4 is 16.0 Å². The van der Waals surface area contributed by atoms with Crippen LogP contribution in [0.4, 0.5) is 31.2 Å². The zero-order valence-corrected chi connectivity index (χ0v) is 19.8. The van der Waals surface area contributed by atoms with Crippen molar-refractivity contribution < 1.29 is 23.8 Å². The number of aromatic nitrogens is 2. The minimum absolute atomic E-state index is 0.103. The number of anilines is 3. The number of carbonyl (C=O) groups is 2. The molecule has 2 amide bonds. The summed E-state index contributed by atoms with van der Waals surface area (Å²) in [5.41, 5.74) is 7.41. The van der Waals surface area contributed by atoms with Crippen molar-refractivity contribution in [2.75, 3.05) is 22.5 Å². The first-order valence-electron chi connectivity index (χ1n) is 11.3. The first kappa shape index (κ1) is 22.8. The van der Waals surface area contributed by atoms with Gasteiger partial charge in [-0.1, -0.05) is 0 Å². The van der Waals surface area contributed by atoms with Crippen LogP contribution in [0.1, 0.15) is 44.4 Å². The number of nitrogens with zero attached hydrogens (tertiary/aromatic N) is 3. The largest absolute Gasteiger partial charge is 0.465 e. The standard InChI is InChI=1S/C25H26FN5O4/c1-11-16(8-29-21-14-6-13(14)10-31(22(11)21)24(33)34)15-5-12-7-18(27)28-9-17(12)20(19(15)26)30-23(32)35-25(2,3)4/h5,7-9,13-14H,6,10H2,1-4H3,(H2,27,28)(H,30,32)(H,33,34). The summed E-state index contributed by atoms with van der Waals surface area (Å²) in [5.74, 6) is 0.0242. The van der Waals surface area contributed by atoms with Gasteiger partial charge in [-0.2, -0.15) is 0 Å². The van der Waals surface area contributed by atoms with E-state index in [1.54, 1.807) is 46.0 Å². The van der Waals surface area contributed by atoms with Crippen molar-refractivity contribution in [3.63, 3.8) is 0 Å². The first-order chi connectivity index (χ1) is 16.4. The second-order valence-corrected chi connectivity index (χ2v) is 10.1. The molecule has 3 aromatic rings. The van der Waals surface area contributed by atoms with E-state index in [0.717, 1.165) is 12.1 Å². The number of hydrogen-bond acceptors (Lipinski definition) is 6. The molecule has 4 N–H and O–H groups in total. The van der Waals surface area contributed by atoms with E-state index in [9.17, 15) is 14.7 Å². The normalized spacial score (nSPS) is 18.6. The SMILES string of the molecule is Cc1c(-c2cc3cc(N)ncc3c(NC(=O)OC(C)(C)C)c2F)cnc2c1N(C(=O)O)CC1CC21. The van der Waals surface area contributed by atoms with E-state index in [-0.39, 0.29) is 28.9 Å². The molecule has 35 heavy (non-hydrogen) atoms. The van der Waals surface area contributed by atoms with Crippen molar-refractivity contribution in [1.82, 2.24) is 9.97 Å². The third-order valence-corrected chi connectivity index (χ3v) is 6.42. The smallest absolute Gasteiger partial charge is 0.412 e. The number of fused-ring (bicyclic) bond motifs is 4. The van der Waals surface area contributed by atoms with Crippen LogP contribution in [0.15, 0.2) is 24.5 Å².